The summed E-state index contributed by atoms with van der Waals surface area (Å²) in [4.78, 5) is 20.4. The number of benzene rings is 2. The van der Waals surface area contributed by atoms with Gasteiger partial charge >= 0.3 is 5.69 Å². The van der Waals surface area contributed by atoms with Gasteiger partial charge < -0.3 is 0 Å². The van der Waals surface area contributed by atoms with Gasteiger partial charge in [-0.3, -0.25) is 25.7 Å². The second-order valence-corrected chi connectivity index (χ2v) is 5.16. The molecular formula is C16H16N4O4. The van der Waals surface area contributed by atoms with Gasteiger partial charge in [0.2, 0.25) is 0 Å². The van der Waals surface area contributed by atoms with Crippen LogP contribution in [0.4, 0.5) is 17.1 Å². The number of hydrogen-bond acceptors (Lipinski definition) is 6. The predicted octanol–water partition coefficient (Wildman–Crippen LogP) is 3.92. The molecule has 8 nitrogen and oxygen atoms in total. The van der Waals surface area contributed by atoms with Gasteiger partial charge in [0.25, 0.3) is 5.69 Å². The van der Waals surface area contributed by atoms with E-state index >= 15 is 0 Å². The molecule has 0 aliphatic carbocycles. The summed E-state index contributed by atoms with van der Waals surface area (Å²) in [6, 6.07) is 13.3. The van der Waals surface area contributed by atoms with E-state index in [0.29, 0.717) is 6.42 Å². The van der Waals surface area contributed by atoms with E-state index in [4.69, 9.17) is 0 Å². The number of rotatable bonds is 7. The normalized spacial score (nSPS) is 11.1. The van der Waals surface area contributed by atoms with Crippen molar-refractivity contribution >= 4 is 22.8 Å². The molecule has 0 aromatic heterocycles. The van der Waals surface area contributed by atoms with Crippen molar-refractivity contribution < 1.29 is 9.85 Å². The number of non-ortho nitro benzene ring substituents is 1. The highest BCUT2D eigenvalue weighted by Crippen LogP contribution is 2.28. The summed E-state index contributed by atoms with van der Waals surface area (Å²) in [5, 5.41) is 25.9. The van der Waals surface area contributed by atoms with Crippen molar-refractivity contribution in [3.05, 3.63) is 74.3 Å². The van der Waals surface area contributed by atoms with Gasteiger partial charge in [-0.15, -0.1) is 0 Å². The number of hydrazone groups is 1. The van der Waals surface area contributed by atoms with Gasteiger partial charge in [0.05, 0.1) is 15.9 Å². The molecule has 0 unspecified atom stereocenters. The summed E-state index contributed by atoms with van der Waals surface area (Å²) in [7, 11) is 0. The van der Waals surface area contributed by atoms with Crippen LogP contribution in [0, 0.1) is 20.2 Å². The van der Waals surface area contributed by atoms with Crippen molar-refractivity contribution in [1.82, 2.24) is 0 Å². The third-order valence-electron chi connectivity index (χ3n) is 3.37. The molecule has 0 fully saturated rings. The van der Waals surface area contributed by atoms with E-state index in [-0.39, 0.29) is 17.1 Å². The Labute approximate surface area is 138 Å². The first-order valence-corrected chi connectivity index (χ1v) is 7.23. The molecule has 0 heterocycles. The zero-order valence-electron chi connectivity index (χ0n) is 13.0. The molecule has 0 bridgehead atoms. The summed E-state index contributed by atoms with van der Waals surface area (Å²) >= 11 is 0. The molecule has 0 aliphatic heterocycles. The molecular weight excluding hydrogens is 312 g/mol. The van der Waals surface area contributed by atoms with Gasteiger partial charge in [-0.25, -0.2) is 0 Å². The predicted molar refractivity (Wildman–Crippen MR) is 91.2 cm³/mol. The number of nitrogens with one attached hydrogen (secondary N) is 1. The third-order valence-corrected chi connectivity index (χ3v) is 3.37. The Kier molecular flexibility index (Phi) is 5.56. The van der Waals surface area contributed by atoms with Crippen LogP contribution in [0.25, 0.3) is 0 Å². The highest BCUT2D eigenvalue weighted by molar-refractivity contribution is 5.83. The van der Waals surface area contributed by atoms with Crippen LogP contribution in [0.1, 0.15) is 18.9 Å². The van der Waals surface area contributed by atoms with Crippen LogP contribution < -0.4 is 5.43 Å². The SMILES string of the molecule is C/C(CCc1ccccc1)=N\Nc1ccc([N+](=O)[O-])cc1[N+](=O)[O-]. The van der Waals surface area contributed by atoms with E-state index < -0.39 is 9.85 Å². The summed E-state index contributed by atoms with van der Waals surface area (Å²) in [5.74, 6) is 0. The average molecular weight is 328 g/mol. The number of nitro groups is 2. The quantitative estimate of drug-likeness (QED) is 0.470. The van der Waals surface area contributed by atoms with E-state index in [2.05, 4.69) is 10.5 Å². The first-order valence-electron chi connectivity index (χ1n) is 7.23. The van der Waals surface area contributed by atoms with Gasteiger partial charge in [0, 0.05) is 11.8 Å². The molecule has 0 aliphatic rings. The number of hydrogen-bond donors (Lipinski definition) is 1. The molecule has 2 rings (SSSR count). The largest absolute Gasteiger partial charge is 0.301 e. The minimum absolute atomic E-state index is 0.115. The van der Waals surface area contributed by atoms with Gasteiger partial charge in [0.1, 0.15) is 5.69 Å². The molecule has 0 saturated heterocycles. The Morgan fingerprint density at radius 3 is 2.42 bits per heavy atom. The standard InChI is InChI=1S/C16H16N4O4/c1-12(7-8-13-5-3-2-4-6-13)17-18-15-10-9-14(19(21)22)11-16(15)20(23)24/h2-6,9-11,18H,7-8H2,1H3/b17-12+. The smallest absolute Gasteiger partial charge is 0.272 e. The van der Waals surface area contributed by atoms with Gasteiger partial charge in [0.15, 0.2) is 0 Å². The Bertz CT molecular complexity index is 775. The number of anilines is 1. The minimum Gasteiger partial charge on any atom is -0.272 e. The molecule has 8 heteroatoms. The highest BCUT2D eigenvalue weighted by Gasteiger charge is 2.19. The Hall–Kier alpha value is -3.29. The molecule has 0 saturated carbocycles. The molecule has 2 aromatic carbocycles. The maximum absolute atomic E-state index is 11.0. The Morgan fingerprint density at radius 2 is 1.79 bits per heavy atom. The fraction of sp³-hybridized carbons (Fsp3) is 0.188. The summed E-state index contributed by atoms with van der Waals surface area (Å²) in [5.41, 5.74) is 3.96. The molecule has 0 radical (unpaired) electrons. The summed E-state index contributed by atoms with van der Waals surface area (Å²) in [6.07, 6.45) is 1.50. The maximum atomic E-state index is 11.0. The lowest BCUT2D eigenvalue weighted by atomic mass is 10.1. The fourth-order valence-corrected chi connectivity index (χ4v) is 2.06. The van der Waals surface area contributed by atoms with Gasteiger partial charge in [-0.05, 0) is 31.4 Å². The van der Waals surface area contributed by atoms with Crippen LogP contribution in [0.2, 0.25) is 0 Å². The van der Waals surface area contributed by atoms with Crippen molar-refractivity contribution in [3.63, 3.8) is 0 Å². The number of aryl methyl sites for hydroxylation is 1. The Morgan fingerprint density at radius 1 is 1.08 bits per heavy atom. The molecule has 0 amide bonds. The molecule has 1 N–H and O–H groups in total. The van der Waals surface area contributed by atoms with Crippen LogP contribution >= 0.6 is 0 Å². The van der Waals surface area contributed by atoms with Crippen molar-refractivity contribution in [3.8, 4) is 0 Å². The van der Waals surface area contributed by atoms with Crippen molar-refractivity contribution in [2.45, 2.75) is 19.8 Å². The lowest BCUT2D eigenvalue weighted by Crippen LogP contribution is -2.02. The van der Waals surface area contributed by atoms with E-state index in [1.54, 1.807) is 0 Å². The van der Waals surface area contributed by atoms with Crippen molar-refractivity contribution in [2.24, 2.45) is 5.10 Å². The molecule has 0 atom stereocenters. The van der Waals surface area contributed by atoms with Gasteiger partial charge in [-0.2, -0.15) is 5.10 Å². The topological polar surface area (TPSA) is 111 Å². The molecule has 2 aromatic rings. The van der Waals surface area contributed by atoms with E-state index in [0.717, 1.165) is 18.2 Å². The molecule has 0 spiro atoms. The monoisotopic (exact) mass is 328 g/mol. The lowest BCUT2D eigenvalue weighted by molar-refractivity contribution is -0.393. The molecule has 24 heavy (non-hydrogen) atoms. The highest BCUT2D eigenvalue weighted by atomic mass is 16.6. The van der Waals surface area contributed by atoms with Crippen molar-refractivity contribution in [1.29, 1.82) is 0 Å². The zero-order chi connectivity index (χ0) is 17.5. The first kappa shape index (κ1) is 17.1. The first-order chi connectivity index (χ1) is 11.5. The number of nitrogens with zero attached hydrogens (tertiary/aromatic N) is 3. The maximum Gasteiger partial charge on any atom is 0.301 e. The van der Waals surface area contributed by atoms with Crippen LogP contribution in [0.3, 0.4) is 0 Å². The van der Waals surface area contributed by atoms with Crippen LogP contribution in [-0.4, -0.2) is 15.6 Å². The fourth-order valence-electron chi connectivity index (χ4n) is 2.06. The average Bonchev–Trinajstić information content (AvgIpc) is 2.58. The van der Waals surface area contributed by atoms with E-state index in [9.17, 15) is 20.2 Å². The van der Waals surface area contributed by atoms with E-state index in [1.165, 1.54) is 17.7 Å². The summed E-state index contributed by atoms with van der Waals surface area (Å²) < 4.78 is 0. The zero-order valence-corrected chi connectivity index (χ0v) is 13.0. The summed E-state index contributed by atoms with van der Waals surface area (Å²) in [6.45, 7) is 1.81. The van der Waals surface area contributed by atoms with E-state index in [1.807, 2.05) is 37.3 Å². The van der Waals surface area contributed by atoms with Gasteiger partial charge in [-0.1, -0.05) is 30.3 Å². The van der Waals surface area contributed by atoms with Crippen LogP contribution in [0.15, 0.2) is 53.6 Å². The van der Waals surface area contributed by atoms with Crippen LogP contribution in [-0.2, 0) is 6.42 Å². The molecule has 124 valence electrons. The van der Waals surface area contributed by atoms with Crippen LogP contribution in [0.5, 0.6) is 0 Å². The van der Waals surface area contributed by atoms with Crippen molar-refractivity contribution in [2.75, 3.05) is 5.43 Å². The second kappa shape index (κ2) is 7.82. The minimum atomic E-state index is -0.676. The third kappa shape index (κ3) is 4.60. The second-order valence-electron chi connectivity index (χ2n) is 5.16. The number of nitro benzene ring substituents is 2. The lowest BCUT2D eigenvalue weighted by Gasteiger charge is -2.05. The Balaban J connectivity index is 2.07.